The van der Waals surface area contributed by atoms with Gasteiger partial charge >= 0.3 is 0 Å². The third-order valence-electron chi connectivity index (χ3n) is 1.23. The highest BCUT2D eigenvalue weighted by Gasteiger charge is 1.97. The summed E-state index contributed by atoms with van der Waals surface area (Å²) < 4.78 is 0. The second-order valence-electron chi connectivity index (χ2n) is 2.02. The Hall–Kier alpha value is -1.71. The van der Waals surface area contributed by atoms with Crippen LogP contribution in [0.5, 0.6) is 11.5 Å². The van der Waals surface area contributed by atoms with Gasteiger partial charge in [-0.3, -0.25) is 0 Å². The lowest BCUT2D eigenvalue weighted by Gasteiger charge is -1.97. The SMILES string of the molecule is NN=Cc1ccc(O)cc1O. The van der Waals surface area contributed by atoms with Crippen LogP contribution in [-0.2, 0) is 0 Å². The summed E-state index contributed by atoms with van der Waals surface area (Å²) in [5.41, 5.74) is 0.477. The van der Waals surface area contributed by atoms with Crippen molar-refractivity contribution in [3.63, 3.8) is 0 Å². The van der Waals surface area contributed by atoms with E-state index in [1.165, 1.54) is 24.4 Å². The third kappa shape index (κ3) is 1.61. The van der Waals surface area contributed by atoms with Gasteiger partial charge in [0.2, 0.25) is 0 Å². The molecule has 0 amide bonds. The molecule has 0 unspecified atom stereocenters. The summed E-state index contributed by atoms with van der Waals surface area (Å²) in [5, 5.41) is 21.2. The quantitative estimate of drug-likeness (QED) is 0.309. The summed E-state index contributed by atoms with van der Waals surface area (Å²) in [6.45, 7) is 0. The average Bonchev–Trinajstić information content (AvgIpc) is 1.95. The lowest BCUT2D eigenvalue weighted by atomic mass is 10.2. The van der Waals surface area contributed by atoms with Crippen LogP contribution in [0.15, 0.2) is 23.3 Å². The molecule has 1 rings (SSSR count). The zero-order valence-electron chi connectivity index (χ0n) is 5.73. The van der Waals surface area contributed by atoms with Crippen molar-refractivity contribution in [1.29, 1.82) is 0 Å². The van der Waals surface area contributed by atoms with Gasteiger partial charge < -0.3 is 16.1 Å². The first-order valence-corrected chi connectivity index (χ1v) is 2.99. The zero-order chi connectivity index (χ0) is 8.27. The van der Waals surface area contributed by atoms with E-state index < -0.39 is 0 Å². The molecule has 0 saturated heterocycles. The molecule has 0 bridgehead atoms. The van der Waals surface area contributed by atoms with Crippen LogP contribution in [-0.4, -0.2) is 16.4 Å². The number of hydrazone groups is 1. The van der Waals surface area contributed by atoms with Crippen LogP contribution in [0.25, 0.3) is 0 Å². The van der Waals surface area contributed by atoms with E-state index in [1.807, 2.05) is 0 Å². The van der Waals surface area contributed by atoms with Crippen LogP contribution in [0.4, 0.5) is 0 Å². The molecule has 0 radical (unpaired) electrons. The second-order valence-corrected chi connectivity index (χ2v) is 2.02. The van der Waals surface area contributed by atoms with Gasteiger partial charge in [-0.1, -0.05) is 0 Å². The maximum atomic E-state index is 9.12. The number of phenols is 2. The van der Waals surface area contributed by atoms with Gasteiger partial charge in [-0.25, -0.2) is 0 Å². The number of aromatic hydroxyl groups is 2. The summed E-state index contributed by atoms with van der Waals surface area (Å²) in [5.74, 6) is 4.83. The smallest absolute Gasteiger partial charge is 0.128 e. The minimum Gasteiger partial charge on any atom is -0.508 e. The van der Waals surface area contributed by atoms with Crippen molar-refractivity contribution in [2.45, 2.75) is 0 Å². The Morgan fingerprint density at radius 2 is 2.09 bits per heavy atom. The van der Waals surface area contributed by atoms with Crippen LogP contribution in [0.2, 0.25) is 0 Å². The third-order valence-corrected chi connectivity index (χ3v) is 1.23. The first-order chi connectivity index (χ1) is 5.24. The molecular weight excluding hydrogens is 144 g/mol. The molecule has 0 aliphatic heterocycles. The van der Waals surface area contributed by atoms with Gasteiger partial charge in [0.05, 0.1) is 6.21 Å². The number of hydrogen-bond acceptors (Lipinski definition) is 4. The zero-order valence-corrected chi connectivity index (χ0v) is 5.73. The molecule has 0 fully saturated rings. The number of hydrogen-bond donors (Lipinski definition) is 3. The summed E-state index contributed by atoms with van der Waals surface area (Å²) in [7, 11) is 0. The van der Waals surface area contributed by atoms with Crippen LogP contribution >= 0.6 is 0 Å². The standard InChI is InChI=1S/C7H8N2O2/c8-9-4-5-1-2-6(10)3-7(5)11/h1-4,10-11H,8H2. The Bertz CT molecular complexity index is 284. The number of benzene rings is 1. The molecule has 0 spiro atoms. The highest BCUT2D eigenvalue weighted by molar-refractivity contribution is 5.83. The van der Waals surface area contributed by atoms with E-state index in [2.05, 4.69) is 5.10 Å². The lowest BCUT2D eigenvalue weighted by Crippen LogP contribution is -1.86. The Morgan fingerprint density at radius 3 is 2.64 bits per heavy atom. The van der Waals surface area contributed by atoms with Crippen molar-refractivity contribution in [1.82, 2.24) is 0 Å². The highest BCUT2D eigenvalue weighted by atomic mass is 16.3. The molecule has 1 aromatic rings. The predicted molar refractivity (Wildman–Crippen MR) is 41.6 cm³/mol. The molecule has 0 heterocycles. The Kier molecular flexibility index (Phi) is 1.96. The average molecular weight is 152 g/mol. The lowest BCUT2D eigenvalue weighted by molar-refractivity contribution is 0.450. The summed E-state index contributed by atoms with van der Waals surface area (Å²) >= 11 is 0. The van der Waals surface area contributed by atoms with Crippen molar-refractivity contribution in [3.05, 3.63) is 23.8 Å². The van der Waals surface area contributed by atoms with Gasteiger partial charge in [0.15, 0.2) is 0 Å². The van der Waals surface area contributed by atoms with E-state index in [0.29, 0.717) is 5.56 Å². The fourth-order valence-corrected chi connectivity index (χ4v) is 0.722. The monoisotopic (exact) mass is 152 g/mol. The molecule has 4 nitrogen and oxygen atoms in total. The summed E-state index contributed by atoms with van der Waals surface area (Å²) in [6.07, 6.45) is 1.30. The first-order valence-electron chi connectivity index (χ1n) is 2.99. The largest absolute Gasteiger partial charge is 0.508 e. The number of rotatable bonds is 1. The number of phenolic OH excluding ortho intramolecular Hbond substituents is 2. The van der Waals surface area contributed by atoms with Gasteiger partial charge in [0.25, 0.3) is 0 Å². The maximum absolute atomic E-state index is 9.12. The highest BCUT2D eigenvalue weighted by Crippen LogP contribution is 2.20. The summed E-state index contributed by atoms with van der Waals surface area (Å²) in [4.78, 5) is 0. The molecule has 0 aliphatic carbocycles. The predicted octanol–water partition coefficient (Wildman–Crippen LogP) is 0.390. The van der Waals surface area contributed by atoms with Crippen molar-refractivity contribution < 1.29 is 10.2 Å². The summed E-state index contributed by atoms with van der Waals surface area (Å²) in [6, 6.07) is 4.18. The van der Waals surface area contributed by atoms with Crippen LogP contribution in [0, 0.1) is 0 Å². The fraction of sp³-hybridized carbons (Fsp3) is 0. The minimum atomic E-state index is -0.0424. The van der Waals surface area contributed by atoms with Crippen LogP contribution in [0.1, 0.15) is 5.56 Å². The normalized spacial score (nSPS) is 10.5. The molecule has 58 valence electrons. The van der Waals surface area contributed by atoms with Crippen molar-refractivity contribution in [2.75, 3.05) is 0 Å². The van der Waals surface area contributed by atoms with E-state index in [9.17, 15) is 0 Å². The van der Waals surface area contributed by atoms with Gasteiger partial charge in [0.1, 0.15) is 11.5 Å². The molecular formula is C7H8N2O2. The van der Waals surface area contributed by atoms with E-state index in [0.717, 1.165) is 0 Å². The van der Waals surface area contributed by atoms with Crippen LogP contribution < -0.4 is 5.84 Å². The molecule has 0 saturated carbocycles. The Balaban J connectivity index is 3.09. The molecule has 1 aromatic carbocycles. The van der Waals surface area contributed by atoms with Crippen LogP contribution in [0.3, 0.4) is 0 Å². The van der Waals surface area contributed by atoms with Crippen molar-refractivity contribution >= 4 is 6.21 Å². The molecule has 4 N–H and O–H groups in total. The molecule has 0 atom stereocenters. The van der Waals surface area contributed by atoms with E-state index >= 15 is 0 Å². The van der Waals surface area contributed by atoms with E-state index in [4.69, 9.17) is 16.1 Å². The van der Waals surface area contributed by atoms with E-state index in [1.54, 1.807) is 0 Å². The fourth-order valence-electron chi connectivity index (χ4n) is 0.722. The van der Waals surface area contributed by atoms with Gasteiger partial charge in [-0.2, -0.15) is 5.10 Å². The number of nitrogens with two attached hydrogens (primary N) is 1. The van der Waals surface area contributed by atoms with Crippen molar-refractivity contribution in [2.24, 2.45) is 10.9 Å². The minimum absolute atomic E-state index is 0.0108. The molecule has 0 aliphatic rings. The molecule has 11 heavy (non-hydrogen) atoms. The molecule has 4 heteroatoms. The Morgan fingerprint density at radius 1 is 1.36 bits per heavy atom. The van der Waals surface area contributed by atoms with Gasteiger partial charge in [-0.15, -0.1) is 0 Å². The second kappa shape index (κ2) is 2.92. The Labute approximate surface area is 63.6 Å². The number of nitrogens with zero attached hydrogens (tertiary/aromatic N) is 1. The van der Waals surface area contributed by atoms with Gasteiger partial charge in [0, 0.05) is 11.6 Å². The maximum Gasteiger partial charge on any atom is 0.128 e. The van der Waals surface area contributed by atoms with Gasteiger partial charge in [-0.05, 0) is 12.1 Å². The topological polar surface area (TPSA) is 78.8 Å². The first kappa shape index (κ1) is 7.40. The van der Waals surface area contributed by atoms with E-state index in [-0.39, 0.29) is 11.5 Å². The van der Waals surface area contributed by atoms with Crippen molar-refractivity contribution in [3.8, 4) is 11.5 Å². The molecule has 0 aromatic heterocycles.